The van der Waals surface area contributed by atoms with Crippen LogP contribution in [0.2, 0.25) is 0 Å². The van der Waals surface area contributed by atoms with Gasteiger partial charge < -0.3 is 0 Å². The molecular weight excluding hydrogens is 248 g/mol. The van der Waals surface area contributed by atoms with Crippen LogP contribution in [0.4, 0.5) is 0 Å². The minimum absolute atomic E-state index is 0.622. The van der Waals surface area contributed by atoms with Gasteiger partial charge in [-0.15, -0.1) is 23.5 Å². The van der Waals surface area contributed by atoms with Crippen molar-refractivity contribution in [2.45, 2.75) is 44.9 Å². The standard InChI is InChI=1S/C13H18N2S2/c14-10-12-13(11-15)17-9-7-5-3-1-2-4-6-8-16-12/h1-9H2/b13-12-. The molecule has 1 aliphatic rings. The number of allylic oxidation sites excluding steroid dienone is 2. The van der Waals surface area contributed by atoms with E-state index < -0.39 is 0 Å². The van der Waals surface area contributed by atoms with Crippen LogP contribution in [0, 0.1) is 22.7 Å². The predicted octanol–water partition coefficient (Wildman–Crippen LogP) is 4.46. The number of nitrogens with zero attached hydrogens (tertiary/aromatic N) is 2. The molecule has 0 radical (unpaired) electrons. The van der Waals surface area contributed by atoms with Crippen molar-refractivity contribution in [1.29, 1.82) is 10.5 Å². The Hall–Kier alpha value is -0.580. The van der Waals surface area contributed by atoms with Crippen molar-refractivity contribution in [3.05, 3.63) is 9.81 Å². The summed E-state index contributed by atoms with van der Waals surface area (Å²) in [5.41, 5.74) is 0. The Morgan fingerprint density at radius 1 is 0.647 bits per heavy atom. The molecule has 0 amide bonds. The van der Waals surface area contributed by atoms with E-state index in [9.17, 15) is 0 Å². The van der Waals surface area contributed by atoms with Gasteiger partial charge in [-0.2, -0.15) is 10.5 Å². The molecule has 4 heteroatoms. The van der Waals surface area contributed by atoms with Crippen LogP contribution in [0.25, 0.3) is 0 Å². The van der Waals surface area contributed by atoms with Crippen LogP contribution in [0.5, 0.6) is 0 Å². The van der Waals surface area contributed by atoms with Gasteiger partial charge in [0.1, 0.15) is 21.9 Å². The van der Waals surface area contributed by atoms with E-state index in [0.29, 0.717) is 9.81 Å². The lowest BCUT2D eigenvalue weighted by molar-refractivity contribution is 0.605. The van der Waals surface area contributed by atoms with Gasteiger partial charge in [-0.05, 0) is 24.3 Å². The summed E-state index contributed by atoms with van der Waals surface area (Å²) in [5, 5.41) is 18.1. The van der Waals surface area contributed by atoms with Gasteiger partial charge in [-0.25, -0.2) is 0 Å². The van der Waals surface area contributed by atoms with Gasteiger partial charge >= 0.3 is 0 Å². The number of rotatable bonds is 0. The monoisotopic (exact) mass is 266 g/mol. The normalized spacial score (nSPS) is 24.6. The Labute approximate surface area is 112 Å². The topological polar surface area (TPSA) is 47.6 Å². The summed E-state index contributed by atoms with van der Waals surface area (Å²) in [5.74, 6) is 1.93. The summed E-state index contributed by atoms with van der Waals surface area (Å²) in [6.07, 6.45) is 8.76. The molecule has 0 atom stereocenters. The van der Waals surface area contributed by atoms with Crippen LogP contribution in [0.3, 0.4) is 0 Å². The number of thioether (sulfide) groups is 2. The fourth-order valence-corrected chi connectivity index (χ4v) is 3.67. The largest absolute Gasteiger partial charge is 0.192 e. The van der Waals surface area contributed by atoms with E-state index in [1.165, 1.54) is 32.1 Å². The number of hydrogen-bond donors (Lipinski definition) is 0. The van der Waals surface area contributed by atoms with Crippen LogP contribution in [-0.2, 0) is 0 Å². The Morgan fingerprint density at radius 3 is 1.35 bits per heavy atom. The molecule has 0 unspecified atom stereocenters. The lowest BCUT2D eigenvalue weighted by atomic mass is 10.1. The van der Waals surface area contributed by atoms with E-state index >= 15 is 0 Å². The van der Waals surface area contributed by atoms with Crippen molar-refractivity contribution in [2.75, 3.05) is 11.5 Å². The first-order chi connectivity index (χ1) is 8.38. The molecular formula is C13H18N2S2. The molecule has 92 valence electrons. The Kier molecular flexibility index (Phi) is 8.05. The van der Waals surface area contributed by atoms with Crippen molar-refractivity contribution in [3.63, 3.8) is 0 Å². The maximum absolute atomic E-state index is 9.06. The van der Waals surface area contributed by atoms with Gasteiger partial charge in [-0.1, -0.05) is 32.1 Å². The summed E-state index contributed by atoms with van der Waals surface area (Å²) in [4.78, 5) is 1.24. The van der Waals surface area contributed by atoms with Crippen molar-refractivity contribution < 1.29 is 0 Å². The molecule has 0 aromatic rings. The number of nitriles is 2. The average molecular weight is 266 g/mol. The number of hydrogen-bond acceptors (Lipinski definition) is 4. The molecule has 0 aliphatic carbocycles. The Balaban J connectivity index is 2.60. The molecule has 0 bridgehead atoms. The molecule has 0 fully saturated rings. The Bertz CT molecular complexity index is 304. The highest BCUT2D eigenvalue weighted by Gasteiger charge is 2.08. The van der Waals surface area contributed by atoms with E-state index in [2.05, 4.69) is 12.1 Å². The third-order valence-corrected chi connectivity index (χ3v) is 4.97. The van der Waals surface area contributed by atoms with Crippen LogP contribution in [0.15, 0.2) is 9.81 Å². The molecule has 0 aromatic carbocycles. The average Bonchev–Trinajstić information content (AvgIpc) is 2.38. The molecule has 0 spiro atoms. The highest BCUT2D eigenvalue weighted by atomic mass is 32.2. The maximum Gasteiger partial charge on any atom is 0.109 e. The summed E-state index contributed by atoms with van der Waals surface area (Å²) in [7, 11) is 0. The first-order valence-corrected chi connectivity index (χ1v) is 8.15. The fraction of sp³-hybridized carbons (Fsp3) is 0.692. The first kappa shape index (κ1) is 14.5. The van der Waals surface area contributed by atoms with Crippen LogP contribution >= 0.6 is 23.5 Å². The van der Waals surface area contributed by atoms with Crippen molar-refractivity contribution in [3.8, 4) is 12.1 Å². The molecule has 1 aliphatic heterocycles. The third kappa shape index (κ3) is 6.05. The highest BCUT2D eigenvalue weighted by molar-refractivity contribution is 8.07. The quantitative estimate of drug-likeness (QED) is 0.649. The van der Waals surface area contributed by atoms with E-state index in [1.807, 2.05) is 0 Å². The van der Waals surface area contributed by atoms with Crippen LogP contribution in [-0.4, -0.2) is 11.5 Å². The second kappa shape index (κ2) is 9.45. The van der Waals surface area contributed by atoms with Gasteiger partial charge in [0, 0.05) is 0 Å². The summed E-state index contributed by atoms with van der Waals surface area (Å²) < 4.78 is 0. The summed E-state index contributed by atoms with van der Waals surface area (Å²) >= 11 is 3.10. The van der Waals surface area contributed by atoms with E-state index in [0.717, 1.165) is 24.3 Å². The van der Waals surface area contributed by atoms with E-state index in [4.69, 9.17) is 10.5 Å². The van der Waals surface area contributed by atoms with Crippen LogP contribution < -0.4 is 0 Å². The van der Waals surface area contributed by atoms with E-state index in [-0.39, 0.29) is 0 Å². The van der Waals surface area contributed by atoms with Crippen LogP contribution in [0.1, 0.15) is 44.9 Å². The fourth-order valence-electron chi connectivity index (χ4n) is 1.73. The van der Waals surface area contributed by atoms with E-state index in [1.54, 1.807) is 23.5 Å². The van der Waals surface area contributed by atoms with Crippen molar-refractivity contribution in [1.82, 2.24) is 0 Å². The molecule has 2 nitrogen and oxygen atoms in total. The highest BCUT2D eigenvalue weighted by Crippen LogP contribution is 2.29. The molecule has 1 heterocycles. The van der Waals surface area contributed by atoms with Crippen molar-refractivity contribution >= 4 is 23.5 Å². The molecule has 0 saturated heterocycles. The first-order valence-electron chi connectivity index (χ1n) is 6.18. The van der Waals surface area contributed by atoms with Gasteiger partial charge in [0.25, 0.3) is 0 Å². The molecule has 0 N–H and O–H groups in total. The van der Waals surface area contributed by atoms with Gasteiger partial charge in [0.05, 0.1) is 0 Å². The Morgan fingerprint density at radius 2 is 1.00 bits per heavy atom. The molecule has 17 heavy (non-hydrogen) atoms. The maximum atomic E-state index is 9.06. The zero-order chi connectivity index (χ0) is 12.3. The molecule has 1 rings (SSSR count). The zero-order valence-electron chi connectivity index (χ0n) is 10.1. The summed E-state index contributed by atoms with van der Waals surface area (Å²) in [6.45, 7) is 0. The predicted molar refractivity (Wildman–Crippen MR) is 75.5 cm³/mol. The van der Waals surface area contributed by atoms with Gasteiger partial charge in [-0.3, -0.25) is 0 Å². The second-order valence-electron chi connectivity index (χ2n) is 4.05. The van der Waals surface area contributed by atoms with Crippen molar-refractivity contribution in [2.24, 2.45) is 0 Å². The minimum Gasteiger partial charge on any atom is -0.192 e. The van der Waals surface area contributed by atoms with Gasteiger partial charge in [0.15, 0.2) is 0 Å². The molecule has 0 aromatic heterocycles. The lowest BCUT2D eigenvalue weighted by Crippen LogP contribution is -1.86. The minimum atomic E-state index is 0.622. The summed E-state index contributed by atoms with van der Waals surface area (Å²) in [6, 6.07) is 4.34. The smallest absolute Gasteiger partial charge is 0.109 e. The third-order valence-electron chi connectivity index (χ3n) is 2.69. The second-order valence-corrected chi connectivity index (χ2v) is 6.26. The molecule has 0 saturated carbocycles. The van der Waals surface area contributed by atoms with Gasteiger partial charge in [0.2, 0.25) is 0 Å². The lowest BCUT2D eigenvalue weighted by Gasteiger charge is -2.02. The zero-order valence-corrected chi connectivity index (χ0v) is 11.7. The SMILES string of the molecule is N#C/C1=C(\C#N)SCCCCCCCCCS1.